The Morgan fingerprint density at radius 2 is 2.26 bits per heavy atom. The normalized spacial score (nSPS) is 19.3. The van der Waals surface area contributed by atoms with Crippen LogP contribution in [-0.2, 0) is 6.42 Å². The molecule has 1 heterocycles. The topological polar surface area (TPSA) is 55.1 Å². The lowest BCUT2D eigenvalue weighted by molar-refractivity contribution is 0.1000. The lowest BCUT2D eigenvalue weighted by Crippen LogP contribution is -2.29. The number of nitrogens with two attached hydrogens (primary N) is 1. The highest BCUT2D eigenvalue weighted by Gasteiger charge is 2.11. The Morgan fingerprint density at radius 3 is 3.00 bits per heavy atom. The number of piperidine rings is 1. The van der Waals surface area contributed by atoms with Crippen molar-refractivity contribution in [3.05, 3.63) is 35.4 Å². The fourth-order valence-electron chi connectivity index (χ4n) is 2.81. The number of hydrogen-bond donors (Lipinski definition) is 2. The minimum atomic E-state index is -0.338. The van der Waals surface area contributed by atoms with Gasteiger partial charge in [-0.15, -0.1) is 0 Å². The van der Waals surface area contributed by atoms with Crippen LogP contribution in [0.2, 0.25) is 0 Å². The minimum Gasteiger partial charge on any atom is -0.366 e. The van der Waals surface area contributed by atoms with E-state index in [0.29, 0.717) is 5.56 Å². The maximum Gasteiger partial charge on any atom is 0.248 e. The predicted octanol–water partition coefficient (Wildman–Crippen LogP) is 2.50. The van der Waals surface area contributed by atoms with E-state index in [2.05, 4.69) is 11.4 Å². The van der Waals surface area contributed by atoms with Gasteiger partial charge < -0.3 is 11.1 Å². The summed E-state index contributed by atoms with van der Waals surface area (Å²) in [4.78, 5) is 11.1. The molecule has 0 radical (unpaired) electrons. The fourth-order valence-corrected chi connectivity index (χ4v) is 2.81. The number of amides is 1. The van der Waals surface area contributed by atoms with Crippen LogP contribution in [0.5, 0.6) is 0 Å². The third-order valence-electron chi connectivity index (χ3n) is 3.94. The van der Waals surface area contributed by atoms with Crippen LogP contribution in [0.15, 0.2) is 24.3 Å². The molecule has 0 bridgehead atoms. The van der Waals surface area contributed by atoms with Gasteiger partial charge in [0.1, 0.15) is 0 Å². The average Bonchev–Trinajstić information content (AvgIpc) is 2.45. The van der Waals surface area contributed by atoms with Crippen molar-refractivity contribution in [2.45, 2.75) is 38.5 Å². The van der Waals surface area contributed by atoms with E-state index < -0.39 is 0 Å². The molecule has 0 aliphatic carbocycles. The standard InChI is InChI=1S/C16H24N2O/c17-16(19)15-9-3-7-13(11-15)5-1-2-6-14-8-4-10-18-12-14/h3,7,9,11,14,18H,1-2,4-6,8,10,12H2,(H2,17,19). The summed E-state index contributed by atoms with van der Waals surface area (Å²) in [5.41, 5.74) is 7.13. The van der Waals surface area contributed by atoms with Crippen molar-refractivity contribution in [2.24, 2.45) is 11.7 Å². The highest BCUT2D eigenvalue weighted by molar-refractivity contribution is 5.92. The maximum atomic E-state index is 11.1. The van der Waals surface area contributed by atoms with E-state index in [1.807, 2.05) is 12.1 Å². The van der Waals surface area contributed by atoms with Crippen LogP contribution in [0.25, 0.3) is 0 Å². The first-order chi connectivity index (χ1) is 9.25. The van der Waals surface area contributed by atoms with Crippen molar-refractivity contribution < 1.29 is 4.79 Å². The Balaban J connectivity index is 1.70. The monoisotopic (exact) mass is 260 g/mol. The molecule has 0 saturated carbocycles. The fraction of sp³-hybridized carbons (Fsp3) is 0.562. The molecule has 19 heavy (non-hydrogen) atoms. The zero-order chi connectivity index (χ0) is 13.5. The van der Waals surface area contributed by atoms with Crippen LogP contribution < -0.4 is 11.1 Å². The third-order valence-corrected chi connectivity index (χ3v) is 3.94. The summed E-state index contributed by atoms with van der Waals surface area (Å²) in [5, 5.41) is 3.46. The Morgan fingerprint density at radius 1 is 1.37 bits per heavy atom. The van der Waals surface area contributed by atoms with Crippen LogP contribution >= 0.6 is 0 Å². The van der Waals surface area contributed by atoms with Crippen LogP contribution in [0.4, 0.5) is 0 Å². The first-order valence-corrected chi connectivity index (χ1v) is 7.35. The molecule has 104 valence electrons. The molecule has 1 unspecified atom stereocenters. The van der Waals surface area contributed by atoms with Crippen molar-refractivity contribution in [2.75, 3.05) is 13.1 Å². The Labute approximate surface area is 115 Å². The van der Waals surface area contributed by atoms with E-state index >= 15 is 0 Å². The van der Waals surface area contributed by atoms with Gasteiger partial charge in [0.15, 0.2) is 0 Å². The first-order valence-electron chi connectivity index (χ1n) is 7.35. The van der Waals surface area contributed by atoms with Gasteiger partial charge in [0.05, 0.1) is 0 Å². The van der Waals surface area contributed by atoms with Gasteiger partial charge in [0.25, 0.3) is 0 Å². The predicted molar refractivity (Wildman–Crippen MR) is 78.1 cm³/mol. The number of carbonyl (C=O) groups is 1. The van der Waals surface area contributed by atoms with E-state index in [1.54, 1.807) is 6.07 Å². The molecule has 1 atom stereocenters. The van der Waals surface area contributed by atoms with Gasteiger partial charge in [-0.3, -0.25) is 4.79 Å². The van der Waals surface area contributed by atoms with Crippen molar-refractivity contribution in [1.82, 2.24) is 5.32 Å². The van der Waals surface area contributed by atoms with E-state index in [9.17, 15) is 4.79 Å². The molecule has 3 heteroatoms. The van der Waals surface area contributed by atoms with E-state index in [0.717, 1.165) is 12.3 Å². The summed E-state index contributed by atoms with van der Waals surface area (Å²) < 4.78 is 0. The quantitative estimate of drug-likeness (QED) is 0.772. The molecule has 1 aromatic carbocycles. The summed E-state index contributed by atoms with van der Waals surface area (Å²) in [5.74, 6) is 0.529. The number of aryl methyl sites for hydroxylation is 1. The molecule has 1 amide bonds. The van der Waals surface area contributed by atoms with Crippen LogP contribution in [-0.4, -0.2) is 19.0 Å². The largest absolute Gasteiger partial charge is 0.366 e. The van der Waals surface area contributed by atoms with Gasteiger partial charge >= 0.3 is 0 Å². The molecule has 0 spiro atoms. The number of unbranched alkanes of at least 4 members (excludes halogenated alkanes) is 1. The number of benzene rings is 1. The molecule has 2 rings (SSSR count). The highest BCUT2D eigenvalue weighted by atomic mass is 16.1. The Hall–Kier alpha value is -1.35. The van der Waals surface area contributed by atoms with Gasteiger partial charge in [0.2, 0.25) is 5.91 Å². The maximum absolute atomic E-state index is 11.1. The Kier molecular flexibility index (Phi) is 5.40. The van der Waals surface area contributed by atoms with Crippen molar-refractivity contribution in [3.63, 3.8) is 0 Å². The van der Waals surface area contributed by atoms with Crippen LogP contribution in [0.1, 0.15) is 48.0 Å². The molecule has 1 fully saturated rings. The van der Waals surface area contributed by atoms with E-state index in [1.165, 1.54) is 50.8 Å². The first kappa shape index (κ1) is 14.1. The number of rotatable bonds is 6. The third kappa shape index (κ3) is 4.67. The average molecular weight is 260 g/mol. The lowest BCUT2D eigenvalue weighted by atomic mass is 9.93. The zero-order valence-corrected chi connectivity index (χ0v) is 11.5. The Bertz CT molecular complexity index is 411. The van der Waals surface area contributed by atoms with Gasteiger partial charge in [-0.2, -0.15) is 0 Å². The molecular weight excluding hydrogens is 236 g/mol. The molecule has 1 aromatic rings. The molecule has 3 nitrogen and oxygen atoms in total. The SMILES string of the molecule is NC(=O)c1cccc(CCCCC2CCCNC2)c1. The summed E-state index contributed by atoms with van der Waals surface area (Å²) in [6.45, 7) is 2.38. The van der Waals surface area contributed by atoms with Gasteiger partial charge in [-0.25, -0.2) is 0 Å². The molecule has 1 aliphatic heterocycles. The second-order valence-electron chi connectivity index (χ2n) is 5.52. The van der Waals surface area contributed by atoms with Crippen molar-refractivity contribution in [1.29, 1.82) is 0 Å². The van der Waals surface area contributed by atoms with Gasteiger partial charge in [-0.1, -0.05) is 18.6 Å². The lowest BCUT2D eigenvalue weighted by Gasteiger charge is -2.22. The van der Waals surface area contributed by atoms with Crippen molar-refractivity contribution >= 4 is 5.91 Å². The summed E-state index contributed by atoms with van der Waals surface area (Å²) in [6.07, 6.45) is 7.53. The summed E-state index contributed by atoms with van der Waals surface area (Å²) in [7, 11) is 0. The second kappa shape index (κ2) is 7.29. The second-order valence-corrected chi connectivity index (χ2v) is 5.52. The highest BCUT2D eigenvalue weighted by Crippen LogP contribution is 2.18. The van der Waals surface area contributed by atoms with Crippen LogP contribution in [0, 0.1) is 5.92 Å². The van der Waals surface area contributed by atoms with Crippen LogP contribution in [0.3, 0.4) is 0 Å². The zero-order valence-electron chi connectivity index (χ0n) is 11.5. The van der Waals surface area contributed by atoms with Gasteiger partial charge in [0, 0.05) is 5.56 Å². The minimum absolute atomic E-state index is 0.338. The molecule has 3 N–H and O–H groups in total. The summed E-state index contributed by atoms with van der Waals surface area (Å²) >= 11 is 0. The van der Waals surface area contributed by atoms with Gasteiger partial charge in [-0.05, 0) is 68.8 Å². The molecule has 1 saturated heterocycles. The molecule has 0 aromatic heterocycles. The molecule has 1 aliphatic rings. The van der Waals surface area contributed by atoms with E-state index in [4.69, 9.17) is 5.73 Å². The van der Waals surface area contributed by atoms with E-state index in [-0.39, 0.29) is 5.91 Å². The number of nitrogens with one attached hydrogen (secondary N) is 1. The number of hydrogen-bond acceptors (Lipinski definition) is 2. The van der Waals surface area contributed by atoms with Crippen molar-refractivity contribution in [3.8, 4) is 0 Å². The number of carbonyl (C=O) groups excluding carboxylic acids is 1. The smallest absolute Gasteiger partial charge is 0.248 e. The summed E-state index contributed by atoms with van der Waals surface area (Å²) in [6, 6.07) is 7.69. The number of primary amides is 1. The molecular formula is C16H24N2O.